The molecule has 126 valence electrons. The average molecular weight is 339 g/mol. The van der Waals surface area contributed by atoms with Crippen LogP contribution in [0.2, 0.25) is 0 Å². The van der Waals surface area contributed by atoms with Gasteiger partial charge in [-0.3, -0.25) is 9.79 Å². The summed E-state index contributed by atoms with van der Waals surface area (Å²) in [7, 11) is -3.11. The fourth-order valence-electron chi connectivity index (χ4n) is 2.78. The van der Waals surface area contributed by atoms with Crippen molar-refractivity contribution in [1.82, 2.24) is 0 Å². The van der Waals surface area contributed by atoms with Gasteiger partial charge in [-0.15, -0.1) is 12.6 Å². The average Bonchev–Trinajstić information content (AvgIpc) is 2.70. The Hall–Kier alpha value is -2.02. The summed E-state index contributed by atoms with van der Waals surface area (Å²) in [5, 5.41) is 8.63. The van der Waals surface area contributed by atoms with Crippen molar-refractivity contribution in [2.24, 2.45) is 4.99 Å². The first-order valence-electron chi connectivity index (χ1n) is 7.41. The predicted molar refractivity (Wildman–Crippen MR) is 87.0 cm³/mol. The van der Waals surface area contributed by atoms with Crippen molar-refractivity contribution in [2.75, 3.05) is 0 Å². The zero-order valence-electron chi connectivity index (χ0n) is 13.3. The van der Waals surface area contributed by atoms with Gasteiger partial charge in [0.15, 0.2) is 0 Å². The normalized spacial score (nSPS) is 18.4. The Labute approximate surface area is 137 Å². The number of carboxylic acids is 1. The van der Waals surface area contributed by atoms with Crippen molar-refractivity contribution in [2.45, 2.75) is 51.4 Å². The van der Waals surface area contributed by atoms with Crippen LogP contribution in [0.3, 0.4) is 0 Å². The van der Waals surface area contributed by atoms with E-state index in [0.29, 0.717) is 0 Å². The van der Waals surface area contributed by atoms with Crippen LogP contribution in [0.25, 0.3) is 0 Å². The number of rotatable bonds is 6. The molecule has 0 radical (unpaired) electrons. The number of unbranched alkanes of at least 4 members (excludes halogenated alkanes) is 2. The minimum absolute atomic E-state index is 0.0276. The summed E-state index contributed by atoms with van der Waals surface area (Å²) in [5.41, 5.74) is 3.60. The van der Waals surface area contributed by atoms with Gasteiger partial charge in [0.05, 0.1) is 5.69 Å². The third-order valence-corrected chi connectivity index (χ3v) is 4.15. The molecular formula is C16H21NO5S. The van der Waals surface area contributed by atoms with Gasteiger partial charge < -0.3 is 5.11 Å². The lowest BCUT2D eigenvalue weighted by molar-refractivity contribution is -0.137. The summed E-state index contributed by atoms with van der Waals surface area (Å²) in [5.74, 6) is -0.699. The van der Waals surface area contributed by atoms with Crippen molar-refractivity contribution in [3.63, 3.8) is 0 Å². The topological polar surface area (TPSA) is 101 Å². The minimum Gasteiger partial charge on any atom is -0.481 e. The van der Waals surface area contributed by atoms with E-state index in [1.54, 1.807) is 0 Å². The number of aliphatic imine (C=N–C) groups is 1. The lowest BCUT2D eigenvalue weighted by Gasteiger charge is -2.26. The monoisotopic (exact) mass is 339 g/mol. The fraction of sp³-hybridized carbons (Fsp3) is 0.500. The number of carboxylic acid groups (broad SMARTS) is 1. The molecule has 7 heteroatoms. The van der Waals surface area contributed by atoms with Gasteiger partial charge >= 0.3 is 16.6 Å². The minimum atomic E-state index is -3.11. The first-order chi connectivity index (χ1) is 10.8. The molecule has 6 nitrogen and oxygen atoms in total. The summed E-state index contributed by atoms with van der Waals surface area (Å²) in [6, 6.07) is 8.31. The van der Waals surface area contributed by atoms with Gasteiger partial charge in [-0.1, -0.05) is 38.0 Å². The highest BCUT2D eigenvalue weighted by Crippen LogP contribution is 2.43. The first-order valence-corrected chi connectivity index (χ1v) is 8.41. The molecule has 0 aromatic heterocycles. The van der Waals surface area contributed by atoms with E-state index in [1.165, 1.54) is 11.3 Å². The van der Waals surface area contributed by atoms with E-state index >= 15 is 0 Å². The Morgan fingerprint density at radius 1 is 1.17 bits per heavy atom. The first kappa shape index (κ1) is 19.0. The van der Waals surface area contributed by atoms with Crippen LogP contribution in [0.4, 0.5) is 5.69 Å². The van der Waals surface area contributed by atoms with Crippen LogP contribution >= 0.6 is 0 Å². The maximum absolute atomic E-state index is 10.5. The van der Waals surface area contributed by atoms with E-state index in [1.807, 2.05) is 6.07 Å². The molecular weight excluding hydrogens is 318 g/mol. The van der Waals surface area contributed by atoms with E-state index in [9.17, 15) is 4.79 Å². The molecule has 2 rings (SSSR count). The smallest absolute Gasteiger partial charge is 0.425 e. The Morgan fingerprint density at radius 2 is 1.78 bits per heavy atom. The van der Waals surface area contributed by atoms with Crippen LogP contribution in [0.15, 0.2) is 29.3 Å². The van der Waals surface area contributed by atoms with Gasteiger partial charge in [0.1, 0.15) is 0 Å². The quantitative estimate of drug-likeness (QED) is 0.803. The highest BCUT2D eigenvalue weighted by Gasteiger charge is 2.35. The molecule has 1 heterocycles. The Kier molecular flexibility index (Phi) is 7.09. The zero-order valence-corrected chi connectivity index (χ0v) is 14.1. The highest BCUT2D eigenvalue weighted by molar-refractivity contribution is 7.59. The highest BCUT2D eigenvalue weighted by atomic mass is 32.2. The lowest BCUT2D eigenvalue weighted by atomic mass is 9.76. The maximum atomic E-state index is 10.5. The van der Waals surface area contributed by atoms with Crippen LogP contribution in [0.1, 0.15) is 51.5 Å². The van der Waals surface area contributed by atoms with E-state index in [2.05, 4.69) is 37.0 Å². The van der Waals surface area contributed by atoms with Crippen LogP contribution in [0, 0.1) is 0 Å². The number of para-hydroxylation sites is 1. The number of hydrogen-bond acceptors (Lipinski definition) is 5. The molecule has 1 N–H and O–H groups in total. The Bertz CT molecular complexity index is 689. The summed E-state index contributed by atoms with van der Waals surface area (Å²) in [4.78, 5) is 15.1. The van der Waals surface area contributed by atoms with E-state index in [0.717, 1.165) is 31.4 Å². The predicted octanol–water partition coefficient (Wildman–Crippen LogP) is 3.08. The van der Waals surface area contributed by atoms with Gasteiger partial charge in [-0.2, -0.15) is 0 Å². The number of fused-ring (bicyclic) bond motifs is 1. The van der Waals surface area contributed by atoms with Gasteiger partial charge in [-0.25, -0.2) is 0 Å². The molecule has 0 amide bonds. The maximum Gasteiger partial charge on any atom is 0.425 e. The van der Waals surface area contributed by atoms with Crippen LogP contribution in [-0.2, 0) is 20.8 Å². The second-order valence-corrected chi connectivity index (χ2v) is 6.11. The number of benzene rings is 1. The molecule has 23 heavy (non-hydrogen) atoms. The van der Waals surface area contributed by atoms with Crippen LogP contribution in [0.5, 0.6) is 0 Å². The standard InChI is InChI=1S/C16H21NO2.O3S/c1-12-16(2,11-7-3-4-10-15(18)19)13-8-5-6-9-14(13)17-12;1-4(2)3/h5-6,8-9H,3-4,7,10-11H2,1-2H3,(H,18,19);. The van der Waals surface area contributed by atoms with Crippen molar-refractivity contribution in [1.29, 1.82) is 0 Å². The van der Waals surface area contributed by atoms with E-state index in [4.69, 9.17) is 17.7 Å². The van der Waals surface area contributed by atoms with Gasteiger partial charge in [-0.05, 0) is 31.4 Å². The Balaban J connectivity index is 0.000000593. The summed E-state index contributed by atoms with van der Waals surface area (Å²) in [6.07, 6.45) is 4.10. The fourth-order valence-corrected chi connectivity index (χ4v) is 2.78. The molecule has 0 bridgehead atoms. The second kappa shape index (κ2) is 8.57. The van der Waals surface area contributed by atoms with Crippen molar-refractivity contribution in [3.8, 4) is 0 Å². The molecule has 1 aromatic carbocycles. The zero-order chi connectivity index (χ0) is 17.5. The molecule has 0 saturated heterocycles. The van der Waals surface area contributed by atoms with E-state index < -0.39 is 16.6 Å². The van der Waals surface area contributed by atoms with Crippen molar-refractivity contribution < 1.29 is 22.5 Å². The molecule has 1 aliphatic heterocycles. The van der Waals surface area contributed by atoms with Gasteiger partial charge in [0, 0.05) is 17.5 Å². The third kappa shape index (κ3) is 5.59. The molecule has 0 aliphatic carbocycles. The largest absolute Gasteiger partial charge is 0.481 e. The van der Waals surface area contributed by atoms with Gasteiger partial charge in [0.25, 0.3) is 0 Å². The van der Waals surface area contributed by atoms with Crippen LogP contribution in [-0.4, -0.2) is 29.4 Å². The van der Waals surface area contributed by atoms with Gasteiger partial charge in [0.2, 0.25) is 0 Å². The number of nitrogens with zero attached hydrogens (tertiary/aromatic N) is 1. The number of hydrogen-bond donors (Lipinski definition) is 1. The molecule has 1 atom stereocenters. The number of aliphatic carboxylic acids is 1. The lowest BCUT2D eigenvalue weighted by Crippen LogP contribution is -2.27. The molecule has 0 saturated carbocycles. The summed E-state index contributed by atoms with van der Waals surface area (Å²) in [6.45, 7) is 4.34. The molecule has 1 unspecified atom stereocenters. The Morgan fingerprint density at radius 3 is 2.39 bits per heavy atom. The van der Waals surface area contributed by atoms with Crippen molar-refractivity contribution in [3.05, 3.63) is 29.8 Å². The summed E-state index contributed by atoms with van der Waals surface area (Å²) >= 11 is 0. The third-order valence-electron chi connectivity index (χ3n) is 4.15. The molecule has 0 fully saturated rings. The van der Waals surface area contributed by atoms with Crippen LogP contribution < -0.4 is 0 Å². The number of carbonyl (C=O) groups is 1. The SMILES string of the molecule is CC1=Nc2ccccc2C1(C)CCCCCC(=O)O.O=S(=O)=O. The molecule has 0 spiro atoms. The second-order valence-electron chi connectivity index (χ2n) is 5.70. The van der Waals surface area contributed by atoms with Crippen molar-refractivity contribution >= 4 is 28.0 Å². The molecule has 1 aliphatic rings. The molecule has 1 aromatic rings. The summed E-state index contributed by atoms with van der Waals surface area (Å²) < 4.78 is 25.3. The van der Waals surface area contributed by atoms with E-state index in [-0.39, 0.29) is 11.8 Å².